The lowest BCUT2D eigenvalue weighted by Gasteiger charge is -2.43. The maximum absolute atomic E-state index is 12.3. The van der Waals surface area contributed by atoms with Crippen LogP contribution in [0.4, 0.5) is 4.79 Å². The summed E-state index contributed by atoms with van der Waals surface area (Å²) in [5.74, 6) is -0.780. The average molecular weight is 309 g/mol. The highest BCUT2D eigenvalue weighted by molar-refractivity contribution is 5.75. The molecule has 2 saturated carbocycles. The summed E-state index contributed by atoms with van der Waals surface area (Å²) in [6.45, 7) is 4.64. The number of carboxylic acid groups (broad SMARTS) is 1. The molecule has 1 saturated heterocycles. The fourth-order valence-electron chi connectivity index (χ4n) is 4.14. The van der Waals surface area contributed by atoms with Crippen LogP contribution in [0.2, 0.25) is 0 Å². The number of aliphatic carboxylic acids is 1. The molecule has 124 valence electrons. The third kappa shape index (κ3) is 3.07. The molecule has 2 amide bonds. The monoisotopic (exact) mass is 309 g/mol. The van der Waals surface area contributed by atoms with Crippen molar-refractivity contribution in [1.29, 1.82) is 0 Å². The lowest BCUT2D eigenvalue weighted by atomic mass is 9.68. The second-order valence-corrected chi connectivity index (χ2v) is 7.25. The topological polar surface area (TPSA) is 72.9 Å². The Morgan fingerprint density at radius 2 is 2.05 bits per heavy atom. The van der Waals surface area contributed by atoms with Gasteiger partial charge in [0.25, 0.3) is 0 Å². The first-order chi connectivity index (χ1) is 10.5. The average Bonchev–Trinajstić information content (AvgIpc) is 2.85. The first-order valence-electron chi connectivity index (χ1n) is 8.53. The normalized spacial score (nSPS) is 29.3. The van der Waals surface area contributed by atoms with Gasteiger partial charge in [-0.1, -0.05) is 13.3 Å². The quantitative estimate of drug-likeness (QED) is 0.807. The summed E-state index contributed by atoms with van der Waals surface area (Å²) < 4.78 is 0. The smallest absolute Gasteiger partial charge is 0.317 e. The summed E-state index contributed by atoms with van der Waals surface area (Å²) in [5.41, 5.74) is 0.444. The summed E-state index contributed by atoms with van der Waals surface area (Å²) in [7, 11) is 0. The molecule has 3 rings (SSSR count). The molecule has 3 fully saturated rings. The summed E-state index contributed by atoms with van der Waals surface area (Å²) in [5, 5.41) is 12.0. The zero-order valence-electron chi connectivity index (χ0n) is 13.4. The summed E-state index contributed by atoms with van der Waals surface area (Å²) in [6.07, 6.45) is 6.77. The molecule has 22 heavy (non-hydrogen) atoms. The molecule has 0 aromatic rings. The van der Waals surface area contributed by atoms with E-state index in [1.165, 1.54) is 19.3 Å². The minimum Gasteiger partial charge on any atom is -0.480 e. The van der Waals surface area contributed by atoms with Gasteiger partial charge in [-0.2, -0.15) is 0 Å². The van der Waals surface area contributed by atoms with Gasteiger partial charge in [-0.05, 0) is 44.1 Å². The van der Waals surface area contributed by atoms with Crippen molar-refractivity contribution in [3.63, 3.8) is 0 Å². The summed E-state index contributed by atoms with van der Waals surface area (Å²) in [4.78, 5) is 27.1. The Bertz CT molecular complexity index is 444. The Labute approximate surface area is 131 Å². The molecular weight excluding hydrogens is 282 g/mol. The van der Waals surface area contributed by atoms with E-state index in [-0.39, 0.29) is 18.6 Å². The fourth-order valence-corrected chi connectivity index (χ4v) is 4.14. The molecular formula is C16H27N3O3. The van der Waals surface area contributed by atoms with Crippen molar-refractivity contribution in [2.45, 2.75) is 57.5 Å². The van der Waals surface area contributed by atoms with Gasteiger partial charge in [0, 0.05) is 25.2 Å². The second-order valence-electron chi connectivity index (χ2n) is 7.25. The first kappa shape index (κ1) is 15.6. The van der Waals surface area contributed by atoms with Crippen LogP contribution in [0.15, 0.2) is 0 Å². The maximum atomic E-state index is 12.3. The molecule has 2 N–H and O–H groups in total. The van der Waals surface area contributed by atoms with Crippen molar-refractivity contribution < 1.29 is 14.7 Å². The summed E-state index contributed by atoms with van der Waals surface area (Å²) >= 11 is 0. The number of nitrogens with zero attached hydrogens (tertiary/aromatic N) is 2. The largest absolute Gasteiger partial charge is 0.480 e. The Kier molecular flexibility index (Phi) is 4.30. The highest BCUT2D eigenvalue weighted by atomic mass is 16.4. The van der Waals surface area contributed by atoms with E-state index in [1.807, 2.05) is 16.7 Å². The van der Waals surface area contributed by atoms with Crippen molar-refractivity contribution in [3.05, 3.63) is 0 Å². The van der Waals surface area contributed by atoms with Crippen LogP contribution < -0.4 is 5.32 Å². The van der Waals surface area contributed by atoms with E-state index in [2.05, 4.69) is 5.32 Å². The van der Waals surface area contributed by atoms with Crippen molar-refractivity contribution in [2.24, 2.45) is 5.41 Å². The van der Waals surface area contributed by atoms with Crippen molar-refractivity contribution in [2.75, 3.05) is 26.2 Å². The molecule has 6 heteroatoms. The summed E-state index contributed by atoms with van der Waals surface area (Å²) in [6, 6.07) is 0.578. The number of amides is 2. The van der Waals surface area contributed by atoms with Gasteiger partial charge in [0.05, 0.1) is 6.54 Å². The van der Waals surface area contributed by atoms with Gasteiger partial charge in [-0.3, -0.25) is 9.69 Å². The van der Waals surface area contributed by atoms with Crippen LogP contribution in [0.3, 0.4) is 0 Å². The van der Waals surface area contributed by atoms with Crippen molar-refractivity contribution >= 4 is 12.0 Å². The van der Waals surface area contributed by atoms with E-state index < -0.39 is 5.97 Å². The molecule has 0 aromatic heterocycles. The minimum atomic E-state index is -0.780. The molecule has 1 heterocycles. The van der Waals surface area contributed by atoms with Gasteiger partial charge in [0.15, 0.2) is 0 Å². The molecule has 3 aliphatic rings. The van der Waals surface area contributed by atoms with Crippen molar-refractivity contribution in [3.8, 4) is 0 Å². The van der Waals surface area contributed by atoms with E-state index in [4.69, 9.17) is 5.11 Å². The van der Waals surface area contributed by atoms with Gasteiger partial charge in [-0.15, -0.1) is 0 Å². The predicted molar refractivity (Wildman–Crippen MR) is 82.7 cm³/mol. The van der Waals surface area contributed by atoms with Crippen LogP contribution in [0.1, 0.15) is 45.4 Å². The van der Waals surface area contributed by atoms with Gasteiger partial charge in [0.2, 0.25) is 0 Å². The molecule has 0 atom stereocenters. The Morgan fingerprint density at radius 1 is 1.32 bits per heavy atom. The minimum absolute atomic E-state index is 0.0773. The third-order valence-electron chi connectivity index (χ3n) is 5.84. The van der Waals surface area contributed by atoms with E-state index in [0.717, 1.165) is 38.9 Å². The number of hydrogen-bond acceptors (Lipinski definition) is 3. The van der Waals surface area contributed by atoms with Crippen LogP contribution in [-0.2, 0) is 4.79 Å². The van der Waals surface area contributed by atoms with Crippen LogP contribution in [0, 0.1) is 5.41 Å². The number of nitrogens with one attached hydrogen (secondary N) is 1. The molecule has 1 spiro atoms. The van der Waals surface area contributed by atoms with E-state index in [1.54, 1.807) is 0 Å². The standard InChI is InChI=1S/C16H27N3O3/c1-2-18(10-14(20)21)13-8-12(9-13)17-15(22)19-7-6-16(11-19)4-3-5-16/h12-13H,2-11H2,1H3,(H,17,22)(H,20,21). The number of carbonyl (C=O) groups excluding carboxylic acids is 1. The van der Waals surface area contributed by atoms with Gasteiger partial charge in [0.1, 0.15) is 0 Å². The molecule has 2 aliphatic carbocycles. The predicted octanol–water partition coefficient (Wildman–Crippen LogP) is 1.51. The lowest BCUT2D eigenvalue weighted by Crippen LogP contribution is -2.56. The number of urea groups is 1. The number of carboxylic acids is 1. The zero-order chi connectivity index (χ0) is 15.7. The van der Waals surface area contributed by atoms with Crippen LogP contribution >= 0.6 is 0 Å². The SMILES string of the molecule is CCN(CC(=O)O)C1CC(NC(=O)N2CCC3(CCC3)C2)C1. The number of carbonyl (C=O) groups is 2. The third-order valence-corrected chi connectivity index (χ3v) is 5.84. The molecule has 0 bridgehead atoms. The first-order valence-corrected chi connectivity index (χ1v) is 8.53. The van der Waals surface area contributed by atoms with E-state index >= 15 is 0 Å². The highest BCUT2D eigenvalue weighted by Crippen LogP contribution is 2.47. The van der Waals surface area contributed by atoms with E-state index in [0.29, 0.717) is 11.5 Å². The Morgan fingerprint density at radius 3 is 2.55 bits per heavy atom. The van der Waals surface area contributed by atoms with Gasteiger partial charge >= 0.3 is 12.0 Å². The van der Waals surface area contributed by atoms with E-state index in [9.17, 15) is 9.59 Å². The number of rotatable bonds is 5. The number of likely N-dealkylation sites (N-methyl/N-ethyl adjacent to an activating group) is 1. The number of hydrogen-bond donors (Lipinski definition) is 2. The fraction of sp³-hybridized carbons (Fsp3) is 0.875. The maximum Gasteiger partial charge on any atom is 0.317 e. The van der Waals surface area contributed by atoms with Crippen LogP contribution in [-0.4, -0.2) is 65.2 Å². The van der Waals surface area contributed by atoms with Crippen molar-refractivity contribution in [1.82, 2.24) is 15.1 Å². The Balaban J connectivity index is 1.40. The zero-order valence-corrected chi connectivity index (χ0v) is 13.4. The molecule has 0 aromatic carbocycles. The highest BCUT2D eigenvalue weighted by Gasteiger charge is 2.44. The van der Waals surface area contributed by atoms with Gasteiger partial charge in [-0.25, -0.2) is 4.79 Å². The lowest BCUT2D eigenvalue weighted by molar-refractivity contribution is -0.139. The molecule has 1 aliphatic heterocycles. The molecule has 6 nitrogen and oxygen atoms in total. The van der Waals surface area contributed by atoms with Gasteiger partial charge < -0.3 is 15.3 Å². The second kappa shape index (κ2) is 6.07. The molecule has 0 unspecified atom stereocenters. The Hall–Kier alpha value is -1.30. The number of likely N-dealkylation sites (tertiary alicyclic amines) is 1. The van der Waals surface area contributed by atoms with Crippen LogP contribution in [0.5, 0.6) is 0 Å². The van der Waals surface area contributed by atoms with Crippen LogP contribution in [0.25, 0.3) is 0 Å². The molecule has 0 radical (unpaired) electrons.